The molecule has 0 aliphatic carbocycles. The van der Waals surface area contributed by atoms with Crippen LogP contribution in [0.2, 0.25) is 0 Å². The van der Waals surface area contributed by atoms with E-state index in [-0.39, 0.29) is 17.3 Å². The lowest BCUT2D eigenvalue weighted by atomic mass is 9.87. The summed E-state index contributed by atoms with van der Waals surface area (Å²) in [5.41, 5.74) is -1.13. The minimum atomic E-state index is -3.25. The summed E-state index contributed by atoms with van der Waals surface area (Å²) < 4.78 is 65.9. The smallest absolute Gasteiger partial charge is 0.480 e. The Kier molecular flexibility index (Phi) is 6.80. The minimum absolute atomic E-state index is 0.0370. The second-order valence-corrected chi connectivity index (χ2v) is 9.49. The number of carboxylic acids is 1. The Morgan fingerprint density at radius 1 is 1.22 bits per heavy atom. The lowest BCUT2D eigenvalue weighted by molar-refractivity contribution is -0.142. The van der Waals surface area contributed by atoms with Gasteiger partial charge in [0.1, 0.15) is 23.2 Å². The number of nitrogens with zero attached hydrogens (tertiary/aromatic N) is 2. The van der Waals surface area contributed by atoms with E-state index in [0.29, 0.717) is 10.4 Å². The molecule has 2 aliphatic heterocycles. The summed E-state index contributed by atoms with van der Waals surface area (Å²) in [6, 6.07) is 6.29. The molecule has 0 spiro atoms. The first kappa shape index (κ1) is 25.6. The molecule has 2 atom stereocenters. The van der Waals surface area contributed by atoms with Gasteiger partial charge in [-0.1, -0.05) is 12.1 Å². The number of carbonyl (C=O) groups excluding carboxylic acids is 1. The summed E-state index contributed by atoms with van der Waals surface area (Å²) in [7, 11) is 1.07. The molecule has 0 unspecified atom stereocenters. The van der Waals surface area contributed by atoms with Gasteiger partial charge in [-0.25, -0.2) is 23.0 Å². The van der Waals surface area contributed by atoms with E-state index in [1.807, 2.05) is 0 Å². The Morgan fingerprint density at radius 2 is 1.92 bits per heavy atom. The summed E-state index contributed by atoms with van der Waals surface area (Å²) in [6.07, 6.45) is -2.03. The van der Waals surface area contributed by atoms with E-state index in [1.165, 1.54) is 43.3 Å². The number of thiophene rings is 1. The highest BCUT2D eigenvalue weighted by molar-refractivity contribution is 7.12. The zero-order valence-corrected chi connectivity index (χ0v) is 19.9. The second-order valence-electron chi connectivity index (χ2n) is 8.45. The fourth-order valence-electron chi connectivity index (χ4n) is 4.22. The molecule has 0 amide bonds. The van der Waals surface area contributed by atoms with E-state index in [0.717, 1.165) is 23.3 Å². The molecule has 1 aromatic heterocycles. The zero-order chi connectivity index (χ0) is 26.3. The van der Waals surface area contributed by atoms with Crippen molar-refractivity contribution < 1.29 is 41.7 Å². The zero-order valence-electron chi connectivity index (χ0n) is 19.1. The standard InChI is InChI=1S/C23H21F4N3O5S/c1-22(12-3-5-13(24)6-4-12)18(35-21(33)34-2)14(28-19(29-22)16-7-8-17(25)36-16)10-30-11-23(26,27)9-15(30)20(31)32/h3-8,15H,9-11H2,1-2H3,(H,28,29)(H,31,32)/t15-,22-/m0/s1. The highest BCUT2D eigenvalue weighted by atomic mass is 32.1. The Hall–Kier alpha value is -3.45. The van der Waals surface area contributed by atoms with Gasteiger partial charge in [0.2, 0.25) is 0 Å². The molecule has 2 N–H and O–H groups in total. The van der Waals surface area contributed by atoms with Gasteiger partial charge >= 0.3 is 12.1 Å². The predicted octanol–water partition coefficient (Wildman–Crippen LogP) is 4.08. The molecular weight excluding hydrogens is 506 g/mol. The average molecular weight is 527 g/mol. The van der Waals surface area contributed by atoms with Crippen LogP contribution in [0.15, 0.2) is 52.8 Å². The van der Waals surface area contributed by atoms with Gasteiger partial charge in [0.15, 0.2) is 10.9 Å². The molecule has 1 fully saturated rings. The van der Waals surface area contributed by atoms with Crippen LogP contribution < -0.4 is 5.32 Å². The highest BCUT2D eigenvalue weighted by Crippen LogP contribution is 2.41. The third-order valence-electron chi connectivity index (χ3n) is 5.90. The lowest BCUT2D eigenvalue weighted by Gasteiger charge is -2.36. The fraction of sp³-hybridized carbons (Fsp3) is 0.348. The molecule has 36 heavy (non-hydrogen) atoms. The van der Waals surface area contributed by atoms with E-state index >= 15 is 0 Å². The number of aliphatic imine (C=N–C) groups is 1. The number of hydrogen-bond acceptors (Lipinski definition) is 8. The summed E-state index contributed by atoms with van der Waals surface area (Å²) in [5, 5.41) is 11.9. The molecule has 13 heteroatoms. The number of likely N-dealkylation sites (tertiary alicyclic amines) is 1. The maximum atomic E-state index is 14.2. The summed E-state index contributed by atoms with van der Waals surface area (Å²) in [4.78, 5) is 29.9. The molecule has 3 heterocycles. The van der Waals surface area contributed by atoms with E-state index < -0.39 is 60.1 Å². The van der Waals surface area contributed by atoms with Crippen LogP contribution >= 0.6 is 11.3 Å². The number of benzene rings is 1. The second kappa shape index (κ2) is 9.54. The fourth-order valence-corrected chi connectivity index (χ4v) is 4.89. The third kappa shape index (κ3) is 5.07. The summed E-state index contributed by atoms with van der Waals surface area (Å²) in [6.45, 7) is 0.285. The SMILES string of the molecule is COC(=O)OC1=C(CN2CC(F)(F)C[C@H]2C(=O)O)NC(c2ccc(F)s2)=N[C@@]1(C)c1ccc(F)cc1. The normalized spacial score (nSPS) is 23.7. The lowest BCUT2D eigenvalue weighted by Crippen LogP contribution is -2.45. The van der Waals surface area contributed by atoms with Crippen molar-refractivity contribution in [3.05, 3.63) is 69.2 Å². The average Bonchev–Trinajstić information content (AvgIpc) is 3.38. The largest absolute Gasteiger partial charge is 0.513 e. The van der Waals surface area contributed by atoms with E-state index in [2.05, 4.69) is 15.0 Å². The molecule has 0 saturated carbocycles. The summed E-state index contributed by atoms with van der Waals surface area (Å²) in [5.74, 6) is -5.27. The van der Waals surface area contributed by atoms with Gasteiger partial charge in [0, 0.05) is 13.0 Å². The Bertz CT molecular complexity index is 1250. The number of aliphatic carboxylic acids is 1. The van der Waals surface area contributed by atoms with Gasteiger partial charge in [-0.3, -0.25) is 9.69 Å². The van der Waals surface area contributed by atoms with Crippen LogP contribution in [0, 0.1) is 10.9 Å². The molecule has 0 bridgehead atoms. The number of hydrogen-bond donors (Lipinski definition) is 2. The number of alkyl halides is 2. The predicted molar refractivity (Wildman–Crippen MR) is 121 cm³/mol. The maximum Gasteiger partial charge on any atom is 0.513 e. The molecule has 1 aromatic carbocycles. The van der Waals surface area contributed by atoms with Crippen molar-refractivity contribution in [3.8, 4) is 0 Å². The van der Waals surface area contributed by atoms with Gasteiger partial charge in [-0.05, 0) is 36.8 Å². The first-order valence-corrected chi connectivity index (χ1v) is 11.5. The van der Waals surface area contributed by atoms with Gasteiger partial charge in [0.25, 0.3) is 5.92 Å². The molecule has 0 radical (unpaired) electrons. The quantitative estimate of drug-likeness (QED) is 0.431. The number of ether oxygens (including phenoxy) is 2. The third-order valence-corrected chi connectivity index (χ3v) is 6.78. The van der Waals surface area contributed by atoms with Crippen molar-refractivity contribution >= 4 is 29.3 Å². The van der Waals surface area contributed by atoms with Crippen molar-refractivity contribution in [2.24, 2.45) is 4.99 Å². The molecular formula is C23H21F4N3O5S. The number of carboxylic acid groups (broad SMARTS) is 1. The molecule has 8 nitrogen and oxygen atoms in total. The van der Waals surface area contributed by atoms with Crippen molar-refractivity contribution in [1.29, 1.82) is 0 Å². The highest BCUT2D eigenvalue weighted by Gasteiger charge is 2.49. The Labute approximate surface area is 206 Å². The Balaban J connectivity index is 1.86. The van der Waals surface area contributed by atoms with E-state index in [9.17, 15) is 32.3 Å². The van der Waals surface area contributed by atoms with Crippen LogP contribution in [0.3, 0.4) is 0 Å². The first-order valence-electron chi connectivity index (χ1n) is 10.6. The molecule has 1 saturated heterocycles. The van der Waals surface area contributed by atoms with Crippen LogP contribution in [0.5, 0.6) is 0 Å². The van der Waals surface area contributed by atoms with Crippen LogP contribution in [0.1, 0.15) is 23.8 Å². The van der Waals surface area contributed by atoms with Gasteiger partial charge < -0.3 is 19.9 Å². The van der Waals surface area contributed by atoms with Crippen molar-refractivity contribution in [1.82, 2.24) is 10.2 Å². The number of methoxy groups -OCH3 is 1. The molecule has 192 valence electrons. The van der Waals surface area contributed by atoms with E-state index in [4.69, 9.17) is 4.74 Å². The number of halogens is 4. The first-order chi connectivity index (χ1) is 16.9. The van der Waals surface area contributed by atoms with E-state index in [1.54, 1.807) is 0 Å². The number of amidine groups is 1. The monoisotopic (exact) mass is 527 g/mol. The number of rotatable bonds is 6. The van der Waals surface area contributed by atoms with Gasteiger partial charge in [-0.2, -0.15) is 4.39 Å². The minimum Gasteiger partial charge on any atom is -0.480 e. The van der Waals surface area contributed by atoms with Gasteiger partial charge in [-0.15, -0.1) is 11.3 Å². The topological polar surface area (TPSA) is 100 Å². The van der Waals surface area contributed by atoms with Crippen LogP contribution in [-0.2, 0) is 19.8 Å². The van der Waals surface area contributed by atoms with Crippen LogP contribution in [-0.4, -0.2) is 60.1 Å². The molecule has 2 aliphatic rings. The van der Waals surface area contributed by atoms with Crippen LogP contribution in [0.25, 0.3) is 0 Å². The van der Waals surface area contributed by atoms with Crippen molar-refractivity contribution in [2.45, 2.75) is 30.8 Å². The van der Waals surface area contributed by atoms with Crippen molar-refractivity contribution in [2.75, 3.05) is 20.2 Å². The number of carbonyl (C=O) groups is 2. The van der Waals surface area contributed by atoms with Crippen molar-refractivity contribution in [3.63, 3.8) is 0 Å². The van der Waals surface area contributed by atoms with Gasteiger partial charge in [0.05, 0.1) is 24.2 Å². The maximum absolute atomic E-state index is 14.2. The summed E-state index contributed by atoms with van der Waals surface area (Å²) >= 11 is 0.760. The van der Waals surface area contributed by atoms with Crippen LogP contribution in [0.4, 0.5) is 22.4 Å². The molecule has 4 rings (SSSR count). The number of nitrogens with one attached hydrogen (secondary N) is 1. The Morgan fingerprint density at radius 3 is 2.50 bits per heavy atom. The molecule has 2 aromatic rings.